The van der Waals surface area contributed by atoms with Crippen molar-refractivity contribution in [2.75, 3.05) is 11.9 Å². The van der Waals surface area contributed by atoms with Crippen LogP contribution in [0.1, 0.15) is 5.82 Å². The molecule has 0 saturated carbocycles. The fraction of sp³-hybridized carbons (Fsp3) is 0.250. The molecule has 0 aliphatic rings. The van der Waals surface area contributed by atoms with Gasteiger partial charge in [-0.3, -0.25) is 0 Å². The largest absolute Gasteiger partial charge is 0.383 e. The van der Waals surface area contributed by atoms with Crippen LogP contribution in [0.5, 0.6) is 0 Å². The minimum atomic E-state index is 0.638. The van der Waals surface area contributed by atoms with Gasteiger partial charge in [0.15, 0.2) is 0 Å². The zero-order valence-corrected chi connectivity index (χ0v) is 11.0. The lowest BCUT2D eigenvalue weighted by Crippen LogP contribution is -2.10. The third-order valence-corrected chi connectivity index (χ3v) is 2.90. The fourth-order valence-corrected chi connectivity index (χ4v) is 2.14. The van der Waals surface area contributed by atoms with Crippen LogP contribution in [0.15, 0.2) is 30.6 Å². The van der Waals surface area contributed by atoms with E-state index in [2.05, 4.69) is 14.9 Å². The fourth-order valence-electron chi connectivity index (χ4n) is 1.62. The highest BCUT2D eigenvalue weighted by molar-refractivity contribution is 6.35. The zero-order valence-electron chi connectivity index (χ0n) is 9.45. The van der Waals surface area contributed by atoms with Crippen LogP contribution in [0.2, 0.25) is 10.0 Å². The maximum Gasteiger partial charge on any atom is 0.105 e. The highest BCUT2D eigenvalue weighted by Crippen LogP contribution is 2.22. The summed E-state index contributed by atoms with van der Waals surface area (Å²) in [4.78, 5) is 4.16. The standard InChI is InChI=1S/C12H13Cl2N3/c1-9-15-2-4-17(9)5-3-16-12-7-10(13)6-11(14)8-12/h2,4,6-8,16H,3,5H2,1H3. The minimum absolute atomic E-state index is 0.638. The van der Waals surface area contributed by atoms with Crippen molar-refractivity contribution in [2.24, 2.45) is 0 Å². The first-order valence-corrected chi connectivity index (χ1v) is 6.08. The molecule has 0 radical (unpaired) electrons. The Morgan fingerprint density at radius 2 is 1.94 bits per heavy atom. The normalized spacial score (nSPS) is 10.5. The number of imidazole rings is 1. The van der Waals surface area contributed by atoms with Crippen LogP contribution in [0.4, 0.5) is 5.69 Å². The van der Waals surface area contributed by atoms with Crippen molar-refractivity contribution in [3.63, 3.8) is 0 Å². The van der Waals surface area contributed by atoms with Gasteiger partial charge in [-0.1, -0.05) is 23.2 Å². The first-order valence-electron chi connectivity index (χ1n) is 5.33. The molecule has 5 heteroatoms. The van der Waals surface area contributed by atoms with Crippen LogP contribution in [-0.4, -0.2) is 16.1 Å². The Balaban J connectivity index is 1.92. The maximum absolute atomic E-state index is 5.91. The van der Waals surface area contributed by atoms with Gasteiger partial charge in [0.1, 0.15) is 5.82 Å². The van der Waals surface area contributed by atoms with Gasteiger partial charge in [0.2, 0.25) is 0 Å². The SMILES string of the molecule is Cc1nccn1CCNc1cc(Cl)cc(Cl)c1. The number of benzene rings is 1. The Kier molecular flexibility index (Phi) is 3.92. The van der Waals surface area contributed by atoms with E-state index in [1.54, 1.807) is 12.3 Å². The summed E-state index contributed by atoms with van der Waals surface area (Å²) >= 11 is 11.8. The summed E-state index contributed by atoms with van der Waals surface area (Å²) in [7, 11) is 0. The summed E-state index contributed by atoms with van der Waals surface area (Å²) in [5, 5.41) is 4.55. The molecular weight excluding hydrogens is 257 g/mol. The Hall–Kier alpha value is -1.19. The van der Waals surface area contributed by atoms with Crippen LogP contribution in [0.3, 0.4) is 0 Å². The van der Waals surface area contributed by atoms with Crippen LogP contribution >= 0.6 is 23.2 Å². The molecule has 0 unspecified atom stereocenters. The highest BCUT2D eigenvalue weighted by atomic mass is 35.5. The summed E-state index contributed by atoms with van der Waals surface area (Å²) in [5.41, 5.74) is 0.931. The average Bonchev–Trinajstić information content (AvgIpc) is 2.63. The minimum Gasteiger partial charge on any atom is -0.383 e. The lowest BCUT2D eigenvalue weighted by molar-refractivity contribution is 0.701. The van der Waals surface area contributed by atoms with E-state index >= 15 is 0 Å². The van der Waals surface area contributed by atoms with E-state index in [4.69, 9.17) is 23.2 Å². The summed E-state index contributed by atoms with van der Waals surface area (Å²) in [5.74, 6) is 1.01. The van der Waals surface area contributed by atoms with E-state index in [-0.39, 0.29) is 0 Å². The molecule has 0 saturated heterocycles. The lowest BCUT2D eigenvalue weighted by atomic mass is 10.3. The number of nitrogens with zero attached hydrogens (tertiary/aromatic N) is 2. The molecule has 0 aliphatic heterocycles. The molecular formula is C12H13Cl2N3. The van der Waals surface area contributed by atoms with Crippen molar-refractivity contribution < 1.29 is 0 Å². The predicted octanol–water partition coefficient (Wildman–Crippen LogP) is 3.61. The molecule has 2 aromatic rings. The molecule has 2 rings (SSSR count). The Labute approximate surface area is 110 Å². The Morgan fingerprint density at radius 3 is 2.53 bits per heavy atom. The van der Waals surface area contributed by atoms with Crippen molar-refractivity contribution in [3.05, 3.63) is 46.5 Å². The second-order valence-electron chi connectivity index (χ2n) is 3.75. The van der Waals surface area contributed by atoms with Gasteiger partial charge in [-0.2, -0.15) is 0 Å². The third kappa shape index (κ3) is 3.38. The van der Waals surface area contributed by atoms with Crippen LogP contribution < -0.4 is 5.32 Å². The third-order valence-electron chi connectivity index (χ3n) is 2.47. The van der Waals surface area contributed by atoms with Gasteiger partial charge in [-0.05, 0) is 25.1 Å². The first-order chi connectivity index (χ1) is 8.15. The number of anilines is 1. The topological polar surface area (TPSA) is 29.9 Å². The molecule has 3 nitrogen and oxygen atoms in total. The number of aromatic nitrogens is 2. The Bertz CT molecular complexity index is 488. The second kappa shape index (κ2) is 5.43. The average molecular weight is 270 g/mol. The molecule has 1 N–H and O–H groups in total. The van der Waals surface area contributed by atoms with Gasteiger partial charge in [0.25, 0.3) is 0 Å². The van der Waals surface area contributed by atoms with Gasteiger partial charge in [0.05, 0.1) is 0 Å². The van der Waals surface area contributed by atoms with Gasteiger partial charge < -0.3 is 9.88 Å². The van der Waals surface area contributed by atoms with Crippen molar-refractivity contribution >= 4 is 28.9 Å². The number of rotatable bonds is 4. The highest BCUT2D eigenvalue weighted by Gasteiger charge is 1.99. The number of halogens is 2. The summed E-state index contributed by atoms with van der Waals surface area (Å²) in [6, 6.07) is 5.43. The smallest absolute Gasteiger partial charge is 0.105 e. The molecule has 0 amide bonds. The van der Waals surface area contributed by atoms with E-state index < -0.39 is 0 Å². The van der Waals surface area contributed by atoms with Gasteiger partial charge in [-0.25, -0.2) is 4.98 Å². The molecule has 0 fully saturated rings. The predicted molar refractivity (Wildman–Crippen MR) is 71.9 cm³/mol. The molecule has 0 aliphatic carbocycles. The number of hydrogen-bond donors (Lipinski definition) is 1. The monoisotopic (exact) mass is 269 g/mol. The van der Waals surface area contributed by atoms with E-state index in [0.29, 0.717) is 10.0 Å². The quantitative estimate of drug-likeness (QED) is 0.919. The van der Waals surface area contributed by atoms with Crippen LogP contribution in [-0.2, 0) is 6.54 Å². The lowest BCUT2D eigenvalue weighted by Gasteiger charge is -2.09. The number of aryl methyl sites for hydroxylation is 1. The zero-order chi connectivity index (χ0) is 12.3. The van der Waals surface area contributed by atoms with Crippen LogP contribution in [0.25, 0.3) is 0 Å². The van der Waals surface area contributed by atoms with Gasteiger partial charge in [-0.15, -0.1) is 0 Å². The molecule has 0 spiro atoms. The molecule has 0 atom stereocenters. The summed E-state index contributed by atoms with van der Waals surface area (Å²) in [6.07, 6.45) is 3.76. The molecule has 1 aromatic heterocycles. The first kappa shape index (κ1) is 12.3. The molecule has 17 heavy (non-hydrogen) atoms. The molecule has 1 heterocycles. The summed E-state index contributed by atoms with van der Waals surface area (Å²) in [6.45, 7) is 3.64. The molecule has 0 bridgehead atoms. The van der Waals surface area contributed by atoms with E-state index in [0.717, 1.165) is 24.6 Å². The van der Waals surface area contributed by atoms with E-state index in [1.807, 2.05) is 25.3 Å². The van der Waals surface area contributed by atoms with Crippen molar-refractivity contribution in [1.29, 1.82) is 0 Å². The van der Waals surface area contributed by atoms with Crippen molar-refractivity contribution in [1.82, 2.24) is 9.55 Å². The van der Waals surface area contributed by atoms with E-state index in [9.17, 15) is 0 Å². The number of nitrogens with one attached hydrogen (secondary N) is 1. The van der Waals surface area contributed by atoms with E-state index in [1.165, 1.54) is 0 Å². The molecule has 1 aromatic carbocycles. The van der Waals surface area contributed by atoms with Crippen LogP contribution in [0, 0.1) is 6.92 Å². The molecule has 90 valence electrons. The Morgan fingerprint density at radius 1 is 1.24 bits per heavy atom. The second-order valence-corrected chi connectivity index (χ2v) is 4.63. The van der Waals surface area contributed by atoms with Crippen molar-refractivity contribution in [3.8, 4) is 0 Å². The van der Waals surface area contributed by atoms with Gasteiger partial charge in [0, 0.05) is 41.2 Å². The van der Waals surface area contributed by atoms with Gasteiger partial charge >= 0.3 is 0 Å². The number of hydrogen-bond acceptors (Lipinski definition) is 2. The maximum atomic E-state index is 5.91. The van der Waals surface area contributed by atoms with Crippen molar-refractivity contribution in [2.45, 2.75) is 13.5 Å². The summed E-state index contributed by atoms with van der Waals surface area (Å²) < 4.78 is 2.08.